The first-order chi connectivity index (χ1) is 12.5. The molecular formula is C19H20BrN3O3. The highest BCUT2D eigenvalue weighted by Crippen LogP contribution is 2.21. The van der Waals surface area contributed by atoms with Crippen molar-refractivity contribution in [1.82, 2.24) is 10.6 Å². The van der Waals surface area contributed by atoms with Crippen LogP contribution < -0.4 is 16.0 Å². The minimum absolute atomic E-state index is 0.0475. The van der Waals surface area contributed by atoms with E-state index in [9.17, 15) is 14.4 Å². The number of rotatable bonds is 7. The molecule has 0 saturated carbocycles. The highest BCUT2D eigenvalue weighted by atomic mass is 79.9. The molecule has 0 radical (unpaired) electrons. The maximum atomic E-state index is 12.2. The number of anilines is 1. The number of halogens is 1. The minimum atomic E-state index is -0.444. The van der Waals surface area contributed by atoms with E-state index in [0.717, 1.165) is 10.0 Å². The summed E-state index contributed by atoms with van der Waals surface area (Å²) in [5.41, 5.74) is 1.46. The predicted molar refractivity (Wildman–Crippen MR) is 103 cm³/mol. The molecule has 26 heavy (non-hydrogen) atoms. The predicted octanol–water partition coefficient (Wildman–Crippen LogP) is 2.77. The van der Waals surface area contributed by atoms with Crippen LogP contribution in [0.25, 0.3) is 0 Å². The van der Waals surface area contributed by atoms with Gasteiger partial charge in [0.05, 0.1) is 24.7 Å². The number of hydrogen-bond donors (Lipinski definition) is 3. The lowest BCUT2D eigenvalue weighted by atomic mass is 10.0. The Morgan fingerprint density at radius 2 is 1.62 bits per heavy atom. The Hall–Kier alpha value is -2.67. The Labute approximate surface area is 160 Å². The average Bonchev–Trinajstić information content (AvgIpc) is 2.62. The van der Waals surface area contributed by atoms with Crippen LogP contribution in [-0.2, 0) is 14.4 Å². The lowest BCUT2D eigenvalue weighted by Crippen LogP contribution is -2.36. The van der Waals surface area contributed by atoms with Crippen LogP contribution in [0.15, 0.2) is 59.1 Å². The van der Waals surface area contributed by atoms with E-state index in [1.165, 1.54) is 6.92 Å². The molecule has 136 valence electrons. The summed E-state index contributed by atoms with van der Waals surface area (Å²) in [5, 5.41) is 8.05. The van der Waals surface area contributed by atoms with Crippen molar-refractivity contribution in [2.45, 2.75) is 19.4 Å². The van der Waals surface area contributed by atoms with Crippen molar-refractivity contribution in [2.24, 2.45) is 0 Å². The van der Waals surface area contributed by atoms with Crippen molar-refractivity contribution < 1.29 is 14.4 Å². The van der Waals surface area contributed by atoms with Crippen LogP contribution in [0.4, 0.5) is 5.69 Å². The quantitative estimate of drug-likeness (QED) is 0.646. The van der Waals surface area contributed by atoms with E-state index in [1.807, 2.05) is 42.5 Å². The second-order valence-electron chi connectivity index (χ2n) is 5.67. The van der Waals surface area contributed by atoms with E-state index >= 15 is 0 Å². The molecule has 2 aromatic rings. The molecule has 6 nitrogen and oxygen atoms in total. The number of nitrogens with one attached hydrogen (secondary N) is 3. The second kappa shape index (κ2) is 9.72. The van der Waals surface area contributed by atoms with E-state index in [0.29, 0.717) is 5.69 Å². The van der Waals surface area contributed by atoms with Crippen molar-refractivity contribution in [2.75, 3.05) is 11.9 Å². The summed E-state index contributed by atoms with van der Waals surface area (Å²) < 4.78 is 0.759. The van der Waals surface area contributed by atoms with Crippen LogP contribution >= 0.6 is 15.9 Å². The first-order valence-electron chi connectivity index (χ1n) is 8.09. The van der Waals surface area contributed by atoms with E-state index < -0.39 is 6.04 Å². The van der Waals surface area contributed by atoms with E-state index in [4.69, 9.17) is 0 Å². The molecule has 2 rings (SSSR count). The minimum Gasteiger partial charge on any atom is -0.349 e. The maximum Gasteiger partial charge on any atom is 0.243 e. The van der Waals surface area contributed by atoms with Gasteiger partial charge in [0, 0.05) is 11.4 Å². The zero-order valence-electron chi connectivity index (χ0n) is 14.3. The Morgan fingerprint density at radius 3 is 2.27 bits per heavy atom. The standard InChI is InChI=1S/C19H20BrN3O3/c1-13(24)22-17(14-7-3-2-4-8-14)11-18(25)21-12-19(26)23-16-10-6-5-9-15(16)20/h2-10,17H,11-12H2,1H3,(H,21,25)(H,22,24)(H,23,26)/t17-/m1/s1. The lowest BCUT2D eigenvalue weighted by Gasteiger charge is -2.18. The SMILES string of the molecule is CC(=O)N[C@H](CC(=O)NCC(=O)Nc1ccccc1Br)c1ccccc1. The van der Waals surface area contributed by atoms with Crippen molar-refractivity contribution in [1.29, 1.82) is 0 Å². The van der Waals surface area contributed by atoms with Crippen LogP contribution in [0.1, 0.15) is 24.9 Å². The van der Waals surface area contributed by atoms with E-state index in [-0.39, 0.29) is 30.7 Å². The summed E-state index contributed by atoms with van der Waals surface area (Å²) in [7, 11) is 0. The summed E-state index contributed by atoms with van der Waals surface area (Å²) >= 11 is 3.34. The van der Waals surface area contributed by atoms with Crippen LogP contribution in [0, 0.1) is 0 Å². The zero-order chi connectivity index (χ0) is 18.9. The fourth-order valence-electron chi connectivity index (χ4n) is 2.38. The van der Waals surface area contributed by atoms with Crippen molar-refractivity contribution in [3.8, 4) is 0 Å². The third kappa shape index (κ3) is 6.33. The molecule has 0 bridgehead atoms. The molecule has 3 N–H and O–H groups in total. The number of carbonyl (C=O) groups excluding carboxylic acids is 3. The summed E-state index contributed by atoms with van der Waals surface area (Å²) in [5.74, 6) is -0.880. The Balaban J connectivity index is 1.88. The molecule has 0 heterocycles. The van der Waals surface area contributed by atoms with Crippen molar-refractivity contribution >= 4 is 39.3 Å². The molecule has 0 unspecified atom stereocenters. The third-order valence-corrected chi connectivity index (χ3v) is 4.25. The molecular weight excluding hydrogens is 398 g/mol. The van der Waals surface area contributed by atoms with Gasteiger partial charge >= 0.3 is 0 Å². The number of benzene rings is 2. The first-order valence-corrected chi connectivity index (χ1v) is 8.88. The van der Waals surface area contributed by atoms with Crippen molar-refractivity contribution in [3.05, 3.63) is 64.6 Å². The largest absolute Gasteiger partial charge is 0.349 e. The van der Waals surface area contributed by atoms with Crippen LogP contribution in [0.3, 0.4) is 0 Å². The summed E-state index contributed by atoms with van der Waals surface area (Å²) in [6.07, 6.45) is 0.0475. The normalized spacial score (nSPS) is 11.3. The van der Waals surface area contributed by atoms with Gasteiger partial charge < -0.3 is 16.0 Å². The molecule has 0 spiro atoms. The summed E-state index contributed by atoms with van der Waals surface area (Å²) in [6, 6.07) is 16.0. The number of para-hydroxylation sites is 1. The number of amides is 3. The van der Waals surface area contributed by atoms with Crippen LogP contribution in [0.5, 0.6) is 0 Å². The van der Waals surface area contributed by atoms with Crippen LogP contribution in [-0.4, -0.2) is 24.3 Å². The van der Waals surface area contributed by atoms with Gasteiger partial charge in [-0.25, -0.2) is 0 Å². The van der Waals surface area contributed by atoms with Crippen LogP contribution in [0.2, 0.25) is 0 Å². The molecule has 0 fully saturated rings. The number of hydrogen-bond acceptors (Lipinski definition) is 3. The zero-order valence-corrected chi connectivity index (χ0v) is 15.9. The molecule has 7 heteroatoms. The third-order valence-electron chi connectivity index (χ3n) is 3.56. The Morgan fingerprint density at radius 1 is 0.962 bits per heavy atom. The maximum absolute atomic E-state index is 12.2. The Bertz CT molecular complexity index is 781. The summed E-state index contributed by atoms with van der Waals surface area (Å²) in [4.78, 5) is 35.6. The Kier molecular flexibility index (Phi) is 7.35. The summed E-state index contributed by atoms with van der Waals surface area (Å²) in [6.45, 7) is 1.25. The molecule has 1 atom stereocenters. The molecule has 0 aliphatic carbocycles. The smallest absolute Gasteiger partial charge is 0.243 e. The fraction of sp³-hybridized carbons (Fsp3) is 0.211. The highest BCUT2D eigenvalue weighted by Gasteiger charge is 2.17. The molecule has 0 aromatic heterocycles. The molecule has 0 aliphatic heterocycles. The lowest BCUT2D eigenvalue weighted by molar-refractivity contribution is -0.125. The highest BCUT2D eigenvalue weighted by molar-refractivity contribution is 9.10. The topological polar surface area (TPSA) is 87.3 Å². The van der Waals surface area contributed by atoms with Gasteiger partial charge in [-0.3, -0.25) is 14.4 Å². The molecule has 2 aromatic carbocycles. The van der Waals surface area contributed by atoms with Gasteiger partial charge in [-0.1, -0.05) is 42.5 Å². The second-order valence-corrected chi connectivity index (χ2v) is 6.53. The molecule has 0 aliphatic rings. The van der Waals surface area contributed by atoms with Gasteiger partial charge in [-0.05, 0) is 33.6 Å². The van der Waals surface area contributed by atoms with Crippen molar-refractivity contribution in [3.63, 3.8) is 0 Å². The van der Waals surface area contributed by atoms with Gasteiger partial charge in [0.15, 0.2) is 0 Å². The average molecular weight is 418 g/mol. The van der Waals surface area contributed by atoms with E-state index in [1.54, 1.807) is 12.1 Å². The fourth-order valence-corrected chi connectivity index (χ4v) is 2.76. The van der Waals surface area contributed by atoms with Gasteiger partial charge in [-0.2, -0.15) is 0 Å². The molecule has 3 amide bonds. The van der Waals surface area contributed by atoms with Gasteiger partial charge in [0.2, 0.25) is 17.7 Å². The number of carbonyl (C=O) groups is 3. The monoisotopic (exact) mass is 417 g/mol. The van der Waals surface area contributed by atoms with Gasteiger partial charge in [0.25, 0.3) is 0 Å². The van der Waals surface area contributed by atoms with Gasteiger partial charge in [0.1, 0.15) is 0 Å². The van der Waals surface area contributed by atoms with Gasteiger partial charge in [-0.15, -0.1) is 0 Å². The first kappa shape index (κ1) is 19.7. The molecule has 0 saturated heterocycles. The van der Waals surface area contributed by atoms with E-state index in [2.05, 4.69) is 31.9 Å².